The Kier molecular flexibility index (Phi) is 4.79. The van der Waals surface area contributed by atoms with Gasteiger partial charge in [0.1, 0.15) is 11.6 Å². The minimum absolute atomic E-state index is 0.340. The van der Waals surface area contributed by atoms with Gasteiger partial charge in [-0.2, -0.15) is 0 Å². The highest BCUT2D eigenvalue weighted by Gasteiger charge is 2.08. The van der Waals surface area contributed by atoms with E-state index in [1.165, 1.54) is 0 Å². The topological polar surface area (TPSA) is 44.5 Å². The van der Waals surface area contributed by atoms with E-state index in [9.17, 15) is 0 Å². The molecule has 1 heterocycles. The summed E-state index contributed by atoms with van der Waals surface area (Å²) in [5, 5.41) is 2.02. The molecule has 19 heavy (non-hydrogen) atoms. The standard InChI is InChI=1S/C13H12BrNO2S2/c1-16-12-4-8(13(15)18)2-3-11(12)17-6-10-5-9(14)7-19-10/h2-5,7H,6H2,1H3,(H2,15,18). The van der Waals surface area contributed by atoms with Gasteiger partial charge in [-0.05, 0) is 40.2 Å². The quantitative estimate of drug-likeness (QED) is 0.828. The van der Waals surface area contributed by atoms with Crippen molar-refractivity contribution in [3.05, 3.63) is 44.6 Å². The van der Waals surface area contributed by atoms with Crippen LogP contribution in [0.15, 0.2) is 34.1 Å². The van der Waals surface area contributed by atoms with Crippen LogP contribution in [0, 0.1) is 0 Å². The lowest BCUT2D eigenvalue weighted by Crippen LogP contribution is -2.09. The van der Waals surface area contributed by atoms with Crippen molar-refractivity contribution < 1.29 is 9.47 Å². The Hall–Kier alpha value is -1.11. The first-order valence-corrected chi connectivity index (χ1v) is 7.52. The van der Waals surface area contributed by atoms with Gasteiger partial charge in [-0.25, -0.2) is 0 Å². The molecule has 2 rings (SSSR count). The number of thiocarbonyl (C=S) groups is 1. The Morgan fingerprint density at radius 2 is 2.16 bits per heavy atom. The number of benzene rings is 1. The van der Waals surface area contributed by atoms with Gasteiger partial charge in [-0.15, -0.1) is 11.3 Å². The zero-order valence-corrected chi connectivity index (χ0v) is 13.4. The van der Waals surface area contributed by atoms with Gasteiger partial charge in [-0.3, -0.25) is 0 Å². The average Bonchev–Trinajstić information content (AvgIpc) is 2.81. The molecule has 6 heteroatoms. The molecule has 0 radical (unpaired) electrons. The fourth-order valence-corrected chi connectivity index (χ4v) is 3.01. The summed E-state index contributed by atoms with van der Waals surface area (Å²) in [5.41, 5.74) is 6.35. The van der Waals surface area contributed by atoms with E-state index in [2.05, 4.69) is 15.9 Å². The van der Waals surface area contributed by atoms with Crippen molar-refractivity contribution in [1.29, 1.82) is 0 Å². The van der Waals surface area contributed by atoms with E-state index < -0.39 is 0 Å². The van der Waals surface area contributed by atoms with Crippen LogP contribution in [0.1, 0.15) is 10.4 Å². The summed E-state index contributed by atoms with van der Waals surface area (Å²) in [6, 6.07) is 7.45. The first-order chi connectivity index (χ1) is 9.10. The summed E-state index contributed by atoms with van der Waals surface area (Å²) in [4.78, 5) is 1.47. The fraction of sp³-hybridized carbons (Fsp3) is 0.154. The predicted molar refractivity (Wildman–Crippen MR) is 85.2 cm³/mol. The Morgan fingerprint density at radius 1 is 1.37 bits per heavy atom. The van der Waals surface area contributed by atoms with Gasteiger partial charge in [0.05, 0.1) is 7.11 Å². The molecular formula is C13H12BrNO2S2. The second-order valence-electron chi connectivity index (χ2n) is 3.75. The summed E-state index contributed by atoms with van der Waals surface area (Å²) in [7, 11) is 1.59. The van der Waals surface area contributed by atoms with Crippen molar-refractivity contribution in [1.82, 2.24) is 0 Å². The molecule has 2 aromatic rings. The van der Waals surface area contributed by atoms with Crippen molar-refractivity contribution in [3.8, 4) is 11.5 Å². The number of hydrogen-bond acceptors (Lipinski definition) is 4. The first kappa shape index (κ1) is 14.3. The van der Waals surface area contributed by atoms with Crippen molar-refractivity contribution in [3.63, 3.8) is 0 Å². The fourth-order valence-electron chi connectivity index (χ4n) is 1.52. The van der Waals surface area contributed by atoms with Crippen LogP contribution in [0.25, 0.3) is 0 Å². The molecule has 100 valence electrons. The molecule has 0 saturated carbocycles. The summed E-state index contributed by atoms with van der Waals surface area (Å²) in [6.07, 6.45) is 0. The molecule has 0 saturated heterocycles. The highest BCUT2D eigenvalue weighted by atomic mass is 79.9. The second kappa shape index (κ2) is 6.36. The van der Waals surface area contributed by atoms with Crippen LogP contribution in [0.5, 0.6) is 11.5 Å². The Labute approximate surface area is 129 Å². The smallest absolute Gasteiger partial charge is 0.161 e. The molecule has 0 atom stereocenters. The number of halogens is 1. The lowest BCUT2D eigenvalue weighted by molar-refractivity contribution is 0.287. The number of methoxy groups -OCH3 is 1. The Morgan fingerprint density at radius 3 is 2.74 bits per heavy atom. The normalized spacial score (nSPS) is 10.2. The third kappa shape index (κ3) is 3.68. The molecule has 0 amide bonds. The molecule has 0 unspecified atom stereocenters. The maximum Gasteiger partial charge on any atom is 0.161 e. The number of ether oxygens (including phenoxy) is 2. The summed E-state index contributed by atoms with van der Waals surface area (Å²) < 4.78 is 12.1. The molecule has 0 bridgehead atoms. The number of hydrogen-bond donors (Lipinski definition) is 1. The van der Waals surface area contributed by atoms with Gasteiger partial charge < -0.3 is 15.2 Å². The maximum absolute atomic E-state index is 5.74. The third-order valence-electron chi connectivity index (χ3n) is 2.44. The van der Waals surface area contributed by atoms with Crippen LogP contribution in [0.2, 0.25) is 0 Å². The van der Waals surface area contributed by atoms with Crippen LogP contribution < -0.4 is 15.2 Å². The van der Waals surface area contributed by atoms with E-state index in [4.69, 9.17) is 27.4 Å². The highest BCUT2D eigenvalue weighted by Crippen LogP contribution is 2.30. The van der Waals surface area contributed by atoms with Crippen LogP contribution in [0.3, 0.4) is 0 Å². The second-order valence-corrected chi connectivity index (χ2v) is 6.10. The van der Waals surface area contributed by atoms with E-state index >= 15 is 0 Å². The van der Waals surface area contributed by atoms with Gasteiger partial charge >= 0.3 is 0 Å². The van der Waals surface area contributed by atoms with E-state index in [1.807, 2.05) is 23.6 Å². The highest BCUT2D eigenvalue weighted by molar-refractivity contribution is 9.10. The first-order valence-electron chi connectivity index (χ1n) is 5.43. The molecule has 2 N–H and O–H groups in total. The van der Waals surface area contributed by atoms with E-state index in [0.29, 0.717) is 23.1 Å². The minimum Gasteiger partial charge on any atom is -0.493 e. The van der Waals surface area contributed by atoms with Gasteiger partial charge in [0.15, 0.2) is 11.5 Å². The monoisotopic (exact) mass is 357 g/mol. The van der Waals surface area contributed by atoms with Crippen LogP contribution in [0.4, 0.5) is 0 Å². The van der Waals surface area contributed by atoms with E-state index in [-0.39, 0.29) is 0 Å². The van der Waals surface area contributed by atoms with Gasteiger partial charge in [0.2, 0.25) is 0 Å². The number of rotatable bonds is 5. The van der Waals surface area contributed by atoms with Crippen molar-refractivity contribution in [2.75, 3.05) is 7.11 Å². The van der Waals surface area contributed by atoms with Crippen molar-refractivity contribution >= 4 is 44.5 Å². The lowest BCUT2D eigenvalue weighted by Gasteiger charge is -2.11. The summed E-state index contributed by atoms with van der Waals surface area (Å²) in [6.45, 7) is 0.499. The van der Waals surface area contributed by atoms with Gasteiger partial charge in [-0.1, -0.05) is 12.2 Å². The zero-order chi connectivity index (χ0) is 13.8. The SMILES string of the molecule is COc1cc(C(N)=S)ccc1OCc1cc(Br)cs1. The van der Waals surface area contributed by atoms with Gasteiger partial charge in [0.25, 0.3) is 0 Å². The maximum atomic E-state index is 5.74. The van der Waals surface area contributed by atoms with Gasteiger partial charge in [0, 0.05) is 20.3 Å². The molecule has 1 aromatic heterocycles. The van der Waals surface area contributed by atoms with E-state index in [0.717, 1.165) is 14.9 Å². The molecule has 1 aromatic carbocycles. The minimum atomic E-state index is 0.340. The number of thiophene rings is 1. The van der Waals surface area contributed by atoms with Crippen LogP contribution in [-0.4, -0.2) is 12.1 Å². The van der Waals surface area contributed by atoms with Crippen molar-refractivity contribution in [2.24, 2.45) is 5.73 Å². The lowest BCUT2D eigenvalue weighted by atomic mass is 10.2. The molecule has 0 fully saturated rings. The summed E-state index contributed by atoms with van der Waals surface area (Å²) >= 11 is 9.99. The Balaban J connectivity index is 2.13. The van der Waals surface area contributed by atoms with Crippen molar-refractivity contribution in [2.45, 2.75) is 6.61 Å². The molecule has 3 nitrogen and oxygen atoms in total. The molecular weight excluding hydrogens is 346 g/mol. The Bertz CT molecular complexity index is 598. The average molecular weight is 358 g/mol. The molecule has 0 spiro atoms. The number of nitrogens with two attached hydrogens (primary N) is 1. The summed E-state index contributed by atoms with van der Waals surface area (Å²) in [5.74, 6) is 1.30. The largest absolute Gasteiger partial charge is 0.493 e. The zero-order valence-electron chi connectivity index (χ0n) is 10.2. The molecule has 0 aliphatic carbocycles. The van der Waals surface area contributed by atoms with Crippen LogP contribution in [-0.2, 0) is 6.61 Å². The van der Waals surface area contributed by atoms with E-state index in [1.54, 1.807) is 24.5 Å². The molecule has 0 aliphatic rings. The van der Waals surface area contributed by atoms with Crippen LogP contribution >= 0.6 is 39.5 Å². The third-order valence-corrected chi connectivity index (χ3v) is 4.35. The molecule has 0 aliphatic heterocycles. The predicted octanol–water partition coefficient (Wildman–Crippen LogP) is 3.73.